The first-order valence-electron chi connectivity index (χ1n) is 6.12. The summed E-state index contributed by atoms with van der Waals surface area (Å²) in [6.45, 7) is 1.98. The van der Waals surface area contributed by atoms with Gasteiger partial charge in [0.15, 0.2) is 0 Å². The Labute approximate surface area is 122 Å². The number of rotatable bonds is 6. The molecule has 1 aromatic rings. The molecule has 19 heavy (non-hydrogen) atoms. The van der Waals surface area contributed by atoms with Gasteiger partial charge in [0.25, 0.3) is 0 Å². The maximum atomic E-state index is 11.6. The molecule has 0 aromatic heterocycles. The number of hydrogen-bond acceptors (Lipinski definition) is 3. The number of aliphatic hydroxyl groups excluding tert-OH is 1. The van der Waals surface area contributed by atoms with Crippen LogP contribution in [0.3, 0.4) is 0 Å². The van der Waals surface area contributed by atoms with Crippen molar-refractivity contribution in [2.24, 2.45) is 5.73 Å². The molecule has 0 saturated heterocycles. The van der Waals surface area contributed by atoms with E-state index in [4.69, 9.17) is 28.9 Å². The van der Waals surface area contributed by atoms with Crippen molar-refractivity contribution in [1.82, 2.24) is 5.32 Å². The Balaban J connectivity index is 2.61. The molecule has 0 bridgehead atoms. The van der Waals surface area contributed by atoms with Gasteiger partial charge in [-0.3, -0.25) is 4.79 Å². The van der Waals surface area contributed by atoms with Crippen LogP contribution < -0.4 is 11.1 Å². The van der Waals surface area contributed by atoms with Crippen molar-refractivity contribution < 1.29 is 9.90 Å². The molecule has 1 aromatic carbocycles. The average Bonchev–Trinajstić information content (AvgIpc) is 2.36. The van der Waals surface area contributed by atoms with Crippen molar-refractivity contribution in [3.63, 3.8) is 0 Å². The summed E-state index contributed by atoms with van der Waals surface area (Å²) in [7, 11) is 0. The number of halogens is 2. The highest BCUT2D eigenvalue weighted by molar-refractivity contribution is 6.36. The molecule has 0 fully saturated rings. The molecule has 2 unspecified atom stereocenters. The maximum Gasteiger partial charge on any atom is 0.237 e. The molecule has 0 saturated carbocycles. The molecule has 4 nitrogen and oxygen atoms in total. The summed E-state index contributed by atoms with van der Waals surface area (Å²) in [5.74, 6) is -0.288. The van der Waals surface area contributed by atoms with Crippen molar-refractivity contribution in [2.45, 2.75) is 31.9 Å². The number of amides is 1. The normalized spacial score (nSPS) is 13.9. The highest BCUT2D eigenvalue weighted by Crippen LogP contribution is 2.29. The van der Waals surface area contributed by atoms with Crippen LogP contribution in [0.2, 0.25) is 10.0 Å². The molecule has 1 rings (SSSR count). The van der Waals surface area contributed by atoms with Gasteiger partial charge < -0.3 is 16.2 Å². The van der Waals surface area contributed by atoms with Crippen LogP contribution in [0.5, 0.6) is 0 Å². The molecule has 0 aliphatic heterocycles. The predicted molar refractivity (Wildman–Crippen MR) is 77.3 cm³/mol. The van der Waals surface area contributed by atoms with E-state index >= 15 is 0 Å². The second-order valence-corrected chi connectivity index (χ2v) is 5.11. The molecule has 0 radical (unpaired) electrons. The lowest BCUT2D eigenvalue weighted by molar-refractivity contribution is -0.123. The zero-order valence-electron chi connectivity index (χ0n) is 10.7. The second-order valence-electron chi connectivity index (χ2n) is 4.29. The fraction of sp³-hybridized carbons (Fsp3) is 0.462. The van der Waals surface area contributed by atoms with E-state index in [0.29, 0.717) is 22.0 Å². The molecule has 2 atom stereocenters. The van der Waals surface area contributed by atoms with Crippen LogP contribution in [0.15, 0.2) is 18.2 Å². The summed E-state index contributed by atoms with van der Waals surface area (Å²) in [6, 6.07) is 4.41. The Morgan fingerprint density at radius 1 is 1.42 bits per heavy atom. The summed E-state index contributed by atoms with van der Waals surface area (Å²) < 4.78 is 0. The van der Waals surface area contributed by atoms with Gasteiger partial charge in [-0.2, -0.15) is 0 Å². The largest absolute Gasteiger partial charge is 0.386 e. The third kappa shape index (κ3) is 4.66. The fourth-order valence-electron chi connectivity index (χ4n) is 1.70. The highest BCUT2D eigenvalue weighted by Gasteiger charge is 2.18. The molecule has 0 aliphatic rings. The van der Waals surface area contributed by atoms with Crippen LogP contribution in [0.25, 0.3) is 0 Å². The number of carbonyl (C=O) groups is 1. The molecule has 6 heteroatoms. The molecule has 0 heterocycles. The summed E-state index contributed by atoms with van der Waals surface area (Å²) in [6.07, 6.45) is 0.474. The van der Waals surface area contributed by atoms with Gasteiger partial charge >= 0.3 is 0 Å². The lowest BCUT2D eigenvalue weighted by Gasteiger charge is -2.17. The standard InChI is InChI=1S/C13H18Cl2N2O2/c1-2-4-10(16)13(19)17-7-11(18)12-8(14)5-3-6-9(12)15/h3,5-6,10-11,18H,2,4,7,16H2,1H3,(H,17,19). The fourth-order valence-corrected chi connectivity index (χ4v) is 2.35. The number of aliphatic hydroxyl groups is 1. The Bertz CT molecular complexity index is 420. The van der Waals surface area contributed by atoms with Crippen LogP contribution in [-0.4, -0.2) is 23.6 Å². The molecule has 1 amide bonds. The van der Waals surface area contributed by atoms with Crippen LogP contribution in [0, 0.1) is 0 Å². The van der Waals surface area contributed by atoms with E-state index in [2.05, 4.69) is 5.32 Å². The van der Waals surface area contributed by atoms with Gasteiger partial charge in [-0.05, 0) is 18.6 Å². The Morgan fingerprint density at radius 3 is 2.53 bits per heavy atom. The Kier molecular flexibility index (Phi) is 6.58. The van der Waals surface area contributed by atoms with E-state index in [9.17, 15) is 9.90 Å². The van der Waals surface area contributed by atoms with E-state index in [-0.39, 0.29) is 12.5 Å². The summed E-state index contributed by atoms with van der Waals surface area (Å²) in [5, 5.41) is 13.3. The second kappa shape index (κ2) is 7.70. The Morgan fingerprint density at radius 2 is 2.00 bits per heavy atom. The van der Waals surface area contributed by atoms with Crippen LogP contribution in [0.4, 0.5) is 0 Å². The van der Waals surface area contributed by atoms with Gasteiger partial charge in [0.1, 0.15) is 0 Å². The lowest BCUT2D eigenvalue weighted by atomic mass is 10.1. The first-order valence-corrected chi connectivity index (χ1v) is 6.88. The molecule has 106 valence electrons. The van der Waals surface area contributed by atoms with Gasteiger partial charge in [0.2, 0.25) is 5.91 Å². The number of nitrogens with two attached hydrogens (primary N) is 1. The molecular formula is C13H18Cl2N2O2. The van der Waals surface area contributed by atoms with Crippen LogP contribution in [0.1, 0.15) is 31.4 Å². The van der Waals surface area contributed by atoms with Crippen LogP contribution >= 0.6 is 23.2 Å². The van der Waals surface area contributed by atoms with Crippen LogP contribution in [-0.2, 0) is 4.79 Å². The molecule has 4 N–H and O–H groups in total. The van der Waals surface area contributed by atoms with Crippen molar-refractivity contribution in [2.75, 3.05) is 6.54 Å². The minimum absolute atomic E-state index is 0.0275. The van der Waals surface area contributed by atoms with Gasteiger partial charge in [-0.25, -0.2) is 0 Å². The van der Waals surface area contributed by atoms with E-state index in [1.807, 2.05) is 6.92 Å². The van der Waals surface area contributed by atoms with Crippen molar-refractivity contribution in [3.05, 3.63) is 33.8 Å². The van der Waals surface area contributed by atoms with Crippen molar-refractivity contribution in [3.8, 4) is 0 Å². The van der Waals surface area contributed by atoms with Crippen molar-refractivity contribution in [1.29, 1.82) is 0 Å². The lowest BCUT2D eigenvalue weighted by Crippen LogP contribution is -2.42. The summed E-state index contributed by atoms with van der Waals surface area (Å²) in [4.78, 5) is 11.6. The molecule has 0 aliphatic carbocycles. The zero-order chi connectivity index (χ0) is 14.4. The van der Waals surface area contributed by atoms with E-state index in [1.54, 1.807) is 18.2 Å². The van der Waals surface area contributed by atoms with E-state index in [0.717, 1.165) is 6.42 Å². The predicted octanol–water partition coefficient (Wildman–Crippen LogP) is 2.27. The van der Waals surface area contributed by atoms with Gasteiger partial charge in [-0.15, -0.1) is 0 Å². The highest BCUT2D eigenvalue weighted by atomic mass is 35.5. The minimum Gasteiger partial charge on any atom is -0.386 e. The molecule has 0 spiro atoms. The van der Waals surface area contributed by atoms with Gasteiger partial charge in [-0.1, -0.05) is 42.6 Å². The number of hydrogen-bond donors (Lipinski definition) is 3. The number of benzene rings is 1. The number of nitrogens with one attached hydrogen (secondary N) is 1. The minimum atomic E-state index is -0.959. The summed E-state index contributed by atoms with van der Waals surface area (Å²) in [5.41, 5.74) is 6.08. The number of carbonyl (C=O) groups excluding carboxylic acids is 1. The Hall–Kier alpha value is -0.810. The molecular weight excluding hydrogens is 287 g/mol. The average molecular weight is 305 g/mol. The van der Waals surface area contributed by atoms with E-state index < -0.39 is 12.1 Å². The van der Waals surface area contributed by atoms with Gasteiger partial charge in [0, 0.05) is 22.2 Å². The third-order valence-electron chi connectivity index (χ3n) is 2.74. The third-order valence-corrected chi connectivity index (χ3v) is 3.40. The van der Waals surface area contributed by atoms with Crippen molar-refractivity contribution >= 4 is 29.1 Å². The quantitative estimate of drug-likeness (QED) is 0.754. The summed E-state index contributed by atoms with van der Waals surface area (Å²) >= 11 is 11.9. The smallest absolute Gasteiger partial charge is 0.237 e. The SMILES string of the molecule is CCCC(N)C(=O)NCC(O)c1c(Cl)cccc1Cl. The first kappa shape index (κ1) is 16.2. The van der Waals surface area contributed by atoms with E-state index in [1.165, 1.54) is 0 Å². The maximum absolute atomic E-state index is 11.6. The van der Waals surface area contributed by atoms with Gasteiger partial charge in [0.05, 0.1) is 12.1 Å². The zero-order valence-corrected chi connectivity index (χ0v) is 12.2. The monoisotopic (exact) mass is 304 g/mol. The topological polar surface area (TPSA) is 75.4 Å². The first-order chi connectivity index (χ1) is 8.97.